The minimum Gasteiger partial charge on any atom is -0.490 e. The van der Waals surface area contributed by atoms with Crippen LogP contribution in [0.25, 0.3) is 0 Å². The first-order valence-corrected chi connectivity index (χ1v) is 13.7. The SMILES string of the molecule is O=S1(=O)c2ccccc2S(=O)(=O)C1c1ccc2c(c1)NCC(c1ccc3c(c1)OCCN3)N2. The fourth-order valence-electron chi connectivity index (χ4n) is 4.68. The lowest BCUT2D eigenvalue weighted by Crippen LogP contribution is -2.26. The number of anilines is 3. The summed E-state index contributed by atoms with van der Waals surface area (Å²) in [7, 11) is -8.10. The Kier molecular flexibility index (Phi) is 4.40. The van der Waals surface area contributed by atoms with E-state index in [1.165, 1.54) is 24.3 Å². The third-order valence-electron chi connectivity index (χ3n) is 6.25. The van der Waals surface area contributed by atoms with E-state index < -0.39 is 24.3 Å². The zero-order valence-corrected chi connectivity index (χ0v) is 19.0. The van der Waals surface area contributed by atoms with Gasteiger partial charge in [-0.05, 0) is 47.5 Å². The van der Waals surface area contributed by atoms with Crippen molar-refractivity contribution in [3.05, 3.63) is 71.8 Å². The number of rotatable bonds is 2. The normalized spacial score (nSPS) is 21.9. The molecule has 3 aliphatic heterocycles. The average Bonchev–Trinajstić information content (AvgIpc) is 2.99. The van der Waals surface area contributed by atoms with Gasteiger partial charge in [0.25, 0.3) is 0 Å². The zero-order chi connectivity index (χ0) is 22.8. The largest absolute Gasteiger partial charge is 0.490 e. The van der Waals surface area contributed by atoms with Gasteiger partial charge in [-0.3, -0.25) is 0 Å². The molecule has 1 atom stereocenters. The predicted molar refractivity (Wildman–Crippen MR) is 125 cm³/mol. The van der Waals surface area contributed by atoms with E-state index in [1.807, 2.05) is 18.2 Å². The van der Waals surface area contributed by atoms with Crippen LogP contribution in [0.1, 0.15) is 21.8 Å². The highest BCUT2D eigenvalue weighted by Crippen LogP contribution is 2.48. The Morgan fingerprint density at radius 1 is 0.758 bits per heavy atom. The van der Waals surface area contributed by atoms with Crippen LogP contribution in [0.15, 0.2) is 70.5 Å². The van der Waals surface area contributed by atoms with Gasteiger partial charge >= 0.3 is 0 Å². The quantitative estimate of drug-likeness (QED) is 0.509. The fourth-order valence-corrected chi connectivity index (χ4v) is 10.0. The number of fused-ring (bicyclic) bond motifs is 3. The topological polar surface area (TPSA) is 114 Å². The van der Waals surface area contributed by atoms with Crippen LogP contribution in [0.4, 0.5) is 17.1 Å². The first kappa shape index (κ1) is 20.4. The Balaban J connectivity index is 1.32. The minimum absolute atomic E-state index is 0.0256. The average molecular weight is 484 g/mol. The number of hydrogen-bond acceptors (Lipinski definition) is 8. The summed E-state index contributed by atoms with van der Waals surface area (Å²) in [6, 6.07) is 16.7. The molecule has 6 rings (SSSR count). The van der Waals surface area contributed by atoms with Crippen molar-refractivity contribution < 1.29 is 21.6 Å². The van der Waals surface area contributed by atoms with Crippen molar-refractivity contribution in [2.45, 2.75) is 20.4 Å². The maximum Gasteiger partial charge on any atom is 0.201 e. The molecule has 3 aromatic carbocycles. The summed E-state index contributed by atoms with van der Waals surface area (Å²) in [5.74, 6) is 0.818. The van der Waals surface area contributed by atoms with E-state index in [-0.39, 0.29) is 21.4 Å². The van der Waals surface area contributed by atoms with Gasteiger partial charge in [-0.2, -0.15) is 0 Å². The lowest BCUT2D eigenvalue weighted by atomic mass is 10.0. The van der Waals surface area contributed by atoms with Gasteiger partial charge in [0.05, 0.1) is 32.9 Å². The van der Waals surface area contributed by atoms with Gasteiger partial charge in [0.15, 0.2) is 4.58 Å². The summed E-state index contributed by atoms with van der Waals surface area (Å²) in [4.78, 5) is -0.272. The Bertz CT molecular complexity index is 1450. The van der Waals surface area contributed by atoms with Crippen LogP contribution in [0.3, 0.4) is 0 Å². The smallest absolute Gasteiger partial charge is 0.201 e. The monoisotopic (exact) mass is 483 g/mol. The Hall–Kier alpha value is -3.24. The summed E-state index contributed by atoms with van der Waals surface area (Å²) in [5.41, 5.74) is 3.69. The van der Waals surface area contributed by atoms with Gasteiger partial charge in [-0.15, -0.1) is 0 Å². The molecule has 0 radical (unpaired) electrons. The molecule has 3 N–H and O–H groups in total. The van der Waals surface area contributed by atoms with Crippen molar-refractivity contribution in [1.29, 1.82) is 0 Å². The van der Waals surface area contributed by atoms with E-state index in [9.17, 15) is 16.8 Å². The number of ether oxygens (including phenoxy) is 1. The van der Waals surface area contributed by atoms with Gasteiger partial charge in [-0.25, -0.2) is 16.8 Å². The van der Waals surface area contributed by atoms with Crippen molar-refractivity contribution >= 4 is 36.7 Å². The first-order chi connectivity index (χ1) is 15.9. The molecule has 0 fully saturated rings. The number of hydrogen-bond donors (Lipinski definition) is 3. The van der Waals surface area contributed by atoms with Gasteiger partial charge in [0, 0.05) is 13.1 Å². The van der Waals surface area contributed by atoms with Crippen LogP contribution < -0.4 is 20.7 Å². The highest BCUT2D eigenvalue weighted by Gasteiger charge is 2.50. The highest BCUT2D eigenvalue weighted by molar-refractivity contribution is 8.11. The summed E-state index contributed by atoms with van der Waals surface area (Å²) in [6.07, 6.45) is 0. The molecule has 8 nitrogen and oxygen atoms in total. The molecule has 3 aliphatic rings. The van der Waals surface area contributed by atoms with Gasteiger partial charge in [-0.1, -0.05) is 24.3 Å². The molecule has 10 heteroatoms. The molecule has 3 heterocycles. The summed E-state index contributed by atoms with van der Waals surface area (Å²) in [6.45, 7) is 1.95. The predicted octanol–water partition coefficient (Wildman–Crippen LogP) is 3.33. The van der Waals surface area contributed by atoms with Gasteiger partial charge in [0.2, 0.25) is 19.7 Å². The summed E-state index contributed by atoms with van der Waals surface area (Å²) >= 11 is 0. The van der Waals surface area contributed by atoms with Crippen LogP contribution in [0, 0.1) is 0 Å². The third kappa shape index (κ3) is 3.08. The fraction of sp³-hybridized carbons (Fsp3) is 0.217. The lowest BCUT2D eigenvalue weighted by molar-refractivity contribution is 0.323. The summed E-state index contributed by atoms with van der Waals surface area (Å²) < 4.78 is 56.5. The van der Waals surface area contributed by atoms with Crippen LogP contribution in [0.2, 0.25) is 0 Å². The van der Waals surface area contributed by atoms with E-state index in [4.69, 9.17) is 4.74 Å². The lowest BCUT2D eigenvalue weighted by Gasteiger charge is -2.30. The maximum absolute atomic E-state index is 13.1. The Morgan fingerprint density at radius 3 is 2.21 bits per heavy atom. The molecule has 3 aromatic rings. The number of benzene rings is 3. The van der Waals surface area contributed by atoms with Gasteiger partial charge in [0.1, 0.15) is 12.4 Å². The van der Waals surface area contributed by atoms with E-state index in [0.29, 0.717) is 18.8 Å². The third-order valence-corrected chi connectivity index (χ3v) is 11.5. The van der Waals surface area contributed by atoms with Crippen molar-refractivity contribution in [1.82, 2.24) is 0 Å². The number of sulfone groups is 2. The van der Waals surface area contributed by atoms with E-state index >= 15 is 0 Å². The molecule has 0 spiro atoms. The van der Waals surface area contributed by atoms with Crippen molar-refractivity contribution in [2.75, 3.05) is 35.6 Å². The van der Waals surface area contributed by atoms with E-state index in [2.05, 4.69) is 16.0 Å². The standard InChI is InChI=1S/C23H21N3O5S2/c27-32(28)21-3-1-2-4-22(21)33(29,30)23(32)15-6-7-16-18(11-15)25-13-19(26-16)14-5-8-17-20(12-14)31-10-9-24-17/h1-8,11-12,19,23-26H,9-10,13H2. The van der Waals surface area contributed by atoms with Crippen LogP contribution >= 0.6 is 0 Å². The number of nitrogens with one attached hydrogen (secondary N) is 3. The van der Waals surface area contributed by atoms with Crippen LogP contribution in [-0.2, 0) is 19.7 Å². The zero-order valence-electron chi connectivity index (χ0n) is 17.4. The van der Waals surface area contributed by atoms with Crippen LogP contribution in [-0.4, -0.2) is 36.5 Å². The molecule has 0 amide bonds. The molecule has 1 unspecified atom stereocenters. The second-order valence-corrected chi connectivity index (χ2v) is 12.6. The second kappa shape index (κ2) is 7.13. The molecule has 170 valence electrons. The minimum atomic E-state index is -4.05. The van der Waals surface area contributed by atoms with E-state index in [0.717, 1.165) is 29.2 Å². The van der Waals surface area contributed by atoms with Crippen LogP contribution in [0.5, 0.6) is 5.75 Å². The van der Waals surface area contributed by atoms with E-state index in [1.54, 1.807) is 18.2 Å². The molecule has 0 aromatic heterocycles. The second-order valence-electron chi connectivity index (χ2n) is 8.28. The maximum atomic E-state index is 13.1. The molecule has 0 saturated heterocycles. The highest BCUT2D eigenvalue weighted by atomic mass is 32.3. The Labute approximate surface area is 191 Å². The van der Waals surface area contributed by atoms with Crippen molar-refractivity contribution in [3.8, 4) is 5.75 Å². The molecule has 0 saturated carbocycles. The van der Waals surface area contributed by atoms with Crippen molar-refractivity contribution in [2.24, 2.45) is 0 Å². The first-order valence-electron chi connectivity index (χ1n) is 10.6. The van der Waals surface area contributed by atoms with Gasteiger partial charge < -0.3 is 20.7 Å². The molecule has 0 aliphatic carbocycles. The van der Waals surface area contributed by atoms with Crippen molar-refractivity contribution in [3.63, 3.8) is 0 Å². The molecule has 0 bridgehead atoms. The molecular weight excluding hydrogens is 462 g/mol. The molecular formula is C23H21N3O5S2. The summed E-state index contributed by atoms with van der Waals surface area (Å²) in [5, 5.41) is 10.1. The molecule has 33 heavy (non-hydrogen) atoms. The Morgan fingerprint density at radius 2 is 1.45 bits per heavy atom.